The zero-order valence-corrected chi connectivity index (χ0v) is 12.0. The fraction of sp³-hybridized carbons (Fsp3) is 0.312. The van der Waals surface area contributed by atoms with Gasteiger partial charge in [-0.25, -0.2) is 9.97 Å². The molecule has 1 aliphatic rings. The van der Waals surface area contributed by atoms with Gasteiger partial charge in [0.2, 0.25) is 0 Å². The normalized spacial score (nSPS) is 14.2. The van der Waals surface area contributed by atoms with E-state index >= 15 is 0 Å². The maximum absolute atomic E-state index is 12.5. The minimum atomic E-state index is -0.164. The molecule has 5 heteroatoms. The number of pyridine rings is 2. The van der Waals surface area contributed by atoms with E-state index in [1.54, 1.807) is 18.3 Å². The summed E-state index contributed by atoms with van der Waals surface area (Å²) in [6.07, 6.45) is 4.03. The SMILES string of the molecule is Cc1cccc(NC(=O)c2cccnc2N2CCCC2)n1. The third kappa shape index (κ3) is 3.02. The van der Waals surface area contributed by atoms with Crippen LogP contribution >= 0.6 is 0 Å². The Labute approximate surface area is 124 Å². The van der Waals surface area contributed by atoms with Gasteiger partial charge in [-0.1, -0.05) is 6.07 Å². The average Bonchev–Trinajstić information content (AvgIpc) is 3.01. The van der Waals surface area contributed by atoms with Crippen molar-refractivity contribution in [1.82, 2.24) is 9.97 Å². The zero-order valence-electron chi connectivity index (χ0n) is 12.0. The summed E-state index contributed by atoms with van der Waals surface area (Å²) in [7, 11) is 0. The lowest BCUT2D eigenvalue weighted by molar-refractivity contribution is 0.102. The summed E-state index contributed by atoms with van der Waals surface area (Å²) in [5, 5.41) is 2.85. The van der Waals surface area contributed by atoms with Crippen LogP contribution in [0.1, 0.15) is 28.9 Å². The summed E-state index contributed by atoms with van der Waals surface area (Å²) in [5.74, 6) is 1.17. The number of hydrogen-bond acceptors (Lipinski definition) is 4. The molecule has 0 saturated carbocycles. The maximum atomic E-state index is 12.5. The van der Waals surface area contributed by atoms with Crippen molar-refractivity contribution < 1.29 is 4.79 Å². The number of amides is 1. The lowest BCUT2D eigenvalue weighted by atomic mass is 10.2. The van der Waals surface area contributed by atoms with Gasteiger partial charge in [0.25, 0.3) is 5.91 Å². The second-order valence-electron chi connectivity index (χ2n) is 5.19. The number of carbonyl (C=O) groups is 1. The number of nitrogens with zero attached hydrogens (tertiary/aromatic N) is 3. The molecule has 0 aromatic carbocycles. The monoisotopic (exact) mass is 282 g/mol. The molecular formula is C16H18N4O. The van der Waals surface area contributed by atoms with Crippen LogP contribution in [0, 0.1) is 6.92 Å². The fourth-order valence-electron chi connectivity index (χ4n) is 2.55. The second-order valence-corrected chi connectivity index (χ2v) is 5.19. The van der Waals surface area contributed by atoms with E-state index in [2.05, 4.69) is 20.2 Å². The summed E-state index contributed by atoms with van der Waals surface area (Å²) in [4.78, 5) is 23.3. The molecule has 0 bridgehead atoms. The molecule has 1 amide bonds. The van der Waals surface area contributed by atoms with E-state index in [1.807, 2.05) is 25.1 Å². The predicted octanol–water partition coefficient (Wildman–Crippen LogP) is 2.64. The van der Waals surface area contributed by atoms with Crippen LogP contribution in [0.15, 0.2) is 36.5 Å². The van der Waals surface area contributed by atoms with Gasteiger partial charge in [-0.15, -0.1) is 0 Å². The van der Waals surface area contributed by atoms with E-state index in [9.17, 15) is 4.79 Å². The van der Waals surface area contributed by atoms with Crippen molar-refractivity contribution in [3.05, 3.63) is 47.8 Å². The Kier molecular flexibility index (Phi) is 3.81. The molecule has 0 spiro atoms. The Bertz CT molecular complexity index is 650. The third-order valence-electron chi connectivity index (χ3n) is 3.57. The van der Waals surface area contributed by atoms with Crippen molar-refractivity contribution in [3.8, 4) is 0 Å². The highest BCUT2D eigenvalue weighted by molar-refractivity contribution is 6.07. The average molecular weight is 282 g/mol. The van der Waals surface area contributed by atoms with Gasteiger partial charge in [0.1, 0.15) is 11.6 Å². The summed E-state index contributed by atoms with van der Waals surface area (Å²) in [6.45, 7) is 3.81. The van der Waals surface area contributed by atoms with Crippen LogP contribution in [0.4, 0.5) is 11.6 Å². The molecule has 2 aromatic rings. The van der Waals surface area contributed by atoms with E-state index in [0.717, 1.165) is 37.4 Å². The van der Waals surface area contributed by atoms with Gasteiger partial charge in [0.05, 0.1) is 5.56 Å². The van der Waals surface area contributed by atoms with E-state index in [4.69, 9.17) is 0 Å². The lowest BCUT2D eigenvalue weighted by Gasteiger charge is -2.19. The Balaban J connectivity index is 1.84. The Morgan fingerprint density at radius 3 is 2.76 bits per heavy atom. The smallest absolute Gasteiger partial charge is 0.260 e. The van der Waals surface area contributed by atoms with Crippen LogP contribution in [-0.4, -0.2) is 29.0 Å². The molecule has 1 aliphatic heterocycles. The van der Waals surface area contributed by atoms with E-state index in [1.165, 1.54) is 0 Å². The van der Waals surface area contributed by atoms with Crippen molar-refractivity contribution in [2.24, 2.45) is 0 Å². The lowest BCUT2D eigenvalue weighted by Crippen LogP contribution is -2.24. The Morgan fingerprint density at radius 2 is 2.00 bits per heavy atom. The van der Waals surface area contributed by atoms with Crippen LogP contribution in [0.25, 0.3) is 0 Å². The van der Waals surface area contributed by atoms with E-state index in [-0.39, 0.29) is 5.91 Å². The van der Waals surface area contributed by atoms with Crippen molar-refractivity contribution >= 4 is 17.5 Å². The summed E-state index contributed by atoms with van der Waals surface area (Å²) >= 11 is 0. The van der Waals surface area contributed by atoms with Gasteiger partial charge in [-0.3, -0.25) is 4.79 Å². The highest BCUT2D eigenvalue weighted by atomic mass is 16.1. The molecule has 0 aliphatic carbocycles. The minimum absolute atomic E-state index is 0.164. The molecule has 3 rings (SSSR count). The van der Waals surface area contributed by atoms with Crippen molar-refractivity contribution in [2.45, 2.75) is 19.8 Å². The predicted molar refractivity (Wildman–Crippen MR) is 82.6 cm³/mol. The molecular weight excluding hydrogens is 264 g/mol. The summed E-state index contributed by atoms with van der Waals surface area (Å²) < 4.78 is 0. The van der Waals surface area contributed by atoms with Crippen LogP contribution in [0.3, 0.4) is 0 Å². The van der Waals surface area contributed by atoms with Gasteiger partial charge in [-0.05, 0) is 44.0 Å². The molecule has 0 atom stereocenters. The molecule has 0 unspecified atom stereocenters. The molecule has 108 valence electrons. The van der Waals surface area contributed by atoms with Crippen molar-refractivity contribution in [1.29, 1.82) is 0 Å². The molecule has 1 saturated heterocycles. The first-order valence-electron chi connectivity index (χ1n) is 7.19. The number of aryl methyl sites for hydroxylation is 1. The van der Waals surface area contributed by atoms with Gasteiger partial charge in [-0.2, -0.15) is 0 Å². The summed E-state index contributed by atoms with van der Waals surface area (Å²) in [5.41, 5.74) is 1.47. The highest BCUT2D eigenvalue weighted by Gasteiger charge is 2.20. The molecule has 1 N–H and O–H groups in total. The standard InChI is InChI=1S/C16H18N4O/c1-12-6-4-8-14(18-12)19-16(21)13-7-5-9-17-15(13)20-10-2-3-11-20/h4-9H,2-3,10-11H2,1H3,(H,18,19,21). The molecule has 3 heterocycles. The maximum Gasteiger partial charge on any atom is 0.260 e. The summed E-state index contributed by atoms with van der Waals surface area (Å²) in [6, 6.07) is 9.17. The van der Waals surface area contributed by atoms with Crippen LogP contribution in [0.5, 0.6) is 0 Å². The van der Waals surface area contributed by atoms with Crippen LogP contribution < -0.4 is 10.2 Å². The number of aromatic nitrogens is 2. The van der Waals surface area contributed by atoms with Gasteiger partial charge >= 0.3 is 0 Å². The first kappa shape index (κ1) is 13.5. The van der Waals surface area contributed by atoms with Gasteiger partial charge < -0.3 is 10.2 Å². The molecule has 21 heavy (non-hydrogen) atoms. The van der Waals surface area contributed by atoms with Crippen LogP contribution in [-0.2, 0) is 0 Å². The van der Waals surface area contributed by atoms with Gasteiger partial charge in [0.15, 0.2) is 0 Å². The first-order valence-corrected chi connectivity index (χ1v) is 7.19. The fourth-order valence-corrected chi connectivity index (χ4v) is 2.55. The first-order chi connectivity index (χ1) is 10.2. The second kappa shape index (κ2) is 5.91. The number of anilines is 2. The Morgan fingerprint density at radius 1 is 1.19 bits per heavy atom. The Hall–Kier alpha value is -2.43. The third-order valence-corrected chi connectivity index (χ3v) is 3.57. The van der Waals surface area contributed by atoms with Crippen LogP contribution in [0.2, 0.25) is 0 Å². The molecule has 0 radical (unpaired) electrons. The topological polar surface area (TPSA) is 58.1 Å². The number of hydrogen-bond donors (Lipinski definition) is 1. The number of rotatable bonds is 3. The van der Waals surface area contributed by atoms with Crippen molar-refractivity contribution in [2.75, 3.05) is 23.3 Å². The number of carbonyl (C=O) groups excluding carboxylic acids is 1. The number of nitrogens with one attached hydrogen (secondary N) is 1. The largest absolute Gasteiger partial charge is 0.356 e. The zero-order chi connectivity index (χ0) is 14.7. The van der Waals surface area contributed by atoms with Crippen molar-refractivity contribution in [3.63, 3.8) is 0 Å². The van der Waals surface area contributed by atoms with E-state index < -0.39 is 0 Å². The minimum Gasteiger partial charge on any atom is -0.356 e. The van der Waals surface area contributed by atoms with Gasteiger partial charge in [0, 0.05) is 25.0 Å². The molecule has 2 aromatic heterocycles. The molecule has 5 nitrogen and oxygen atoms in total. The highest BCUT2D eigenvalue weighted by Crippen LogP contribution is 2.22. The quantitative estimate of drug-likeness (QED) is 0.940. The molecule has 1 fully saturated rings. The van der Waals surface area contributed by atoms with E-state index in [0.29, 0.717) is 11.4 Å².